The smallest absolute Gasteiger partial charge is 0.264 e. The van der Waals surface area contributed by atoms with Crippen molar-refractivity contribution in [2.45, 2.75) is 6.54 Å². The Morgan fingerprint density at radius 1 is 1.53 bits per heavy atom. The monoisotopic (exact) mass is 285 g/mol. The zero-order valence-corrected chi connectivity index (χ0v) is 10.1. The molecule has 4 nitrogen and oxygen atoms in total. The molecule has 0 aliphatic carbocycles. The molecule has 0 unspecified atom stereocenters. The number of hydrogen-bond donors (Lipinski definition) is 2. The lowest BCUT2D eigenvalue weighted by Gasteiger charge is -2.01. The molecular weight excluding hydrogens is 278 g/mol. The van der Waals surface area contributed by atoms with E-state index in [1.165, 1.54) is 6.07 Å². The highest BCUT2D eigenvalue weighted by molar-refractivity contribution is 9.11. The predicted octanol–water partition coefficient (Wildman–Crippen LogP) is 1.72. The van der Waals surface area contributed by atoms with Crippen LogP contribution in [0.2, 0.25) is 0 Å². The lowest BCUT2D eigenvalue weighted by molar-refractivity contribution is 0.947. The second-order valence-corrected chi connectivity index (χ2v) is 5.38. The van der Waals surface area contributed by atoms with Gasteiger partial charge in [0.2, 0.25) is 0 Å². The van der Waals surface area contributed by atoms with Gasteiger partial charge >= 0.3 is 0 Å². The summed E-state index contributed by atoms with van der Waals surface area (Å²) in [5.74, 6) is 0. The molecule has 0 amide bonds. The van der Waals surface area contributed by atoms with E-state index in [4.69, 9.17) is 5.73 Å². The Hall–Kier alpha value is -0.980. The van der Waals surface area contributed by atoms with Crippen LogP contribution in [-0.2, 0) is 6.54 Å². The van der Waals surface area contributed by atoms with Gasteiger partial charge in [0.25, 0.3) is 5.56 Å². The Morgan fingerprint density at radius 2 is 2.33 bits per heavy atom. The van der Waals surface area contributed by atoms with Crippen LogP contribution in [-0.4, -0.2) is 10.2 Å². The number of aromatic nitrogens is 2. The van der Waals surface area contributed by atoms with Crippen molar-refractivity contribution in [1.29, 1.82) is 0 Å². The average Bonchev–Trinajstić information content (AvgIpc) is 2.64. The fourth-order valence-corrected chi connectivity index (χ4v) is 2.66. The van der Waals surface area contributed by atoms with Crippen LogP contribution in [0.1, 0.15) is 5.56 Å². The Bertz CT molecular complexity index is 534. The minimum atomic E-state index is -0.227. The minimum absolute atomic E-state index is 0.227. The van der Waals surface area contributed by atoms with E-state index in [1.54, 1.807) is 11.3 Å². The van der Waals surface area contributed by atoms with Crippen molar-refractivity contribution < 1.29 is 0 Å². The summed E-state index contributed by atoms with van der Waals surface area (Å²) in [6, 6.07) is 5.36. The van der Waals surface area contributed by atoms with Crippen LogP contribution in [0.5, 0.6) is 0 Å². The first-order valence-electron chi connectivity index (χ1n) is 4.25. The van der Waals surface area contributed by atoms with Crippen LogP contribution in [0, 0.1) is 0 Å². The second kappa shape index (κ2) is 4.26. The van der Waals surface area contributed by atoms with E-state index in [1.807, 2.05) is 12.1 Å². The number of hydrogen-bond acceptors (Lipinski definition) is 4. The van der Waals surface area contributed by atoms with Crippen molar-refractivity contribution in [3.63, 3.8) is 0 Å². The number of rotatable bonds is 2. The fourth-order valence-electron chi connectivity index (χ4n) is 1.25. The quantitative estimate of drug-likeness (QED) is 0.883. The normalized spacial score (nSPS) is 10.5. The molecule has 0 saturated carbocycles. The minimum Gasteiger partial charge on any atom is -0.326 e. The Kier molecular flexibility index (Phi) is 2.99. The van der Waals surface area contributed by atoms with Gasteiger partial charge in [-0.25, -0.2) is 5.10 Å². The molecule has 0 aliphatic rings. The van der Waals surface area contributed by atoms with Gasteiger partial charge < -0.3 is 5.73 Å². The standard InChI is InChI=1S/C9H8BrN3OS/c10-7-2-1-6(15-7)9-5(4-11)3-8(14)12-13-9/h1-3H,4,11H2,(H,12,14). The first-order valence-corrected chi connectivity index (χ1v) is 5.86. The summed E-state index contributed by atoms with van der Waals surface area (Å²) in [4.78, 5) is 12.0. The van der Waals surface area contributed by atoms with Crippen LogP contribution in [0.4, 0.5) is 0 Å². The topological polar surface area (TPSA) is 71.8 Å². The second-order valence-electron chi connectivity index (χ2n) is 2.91. The highest BCUT2D eigenvalue weighted by Crippen LogP contribution is 2.30. The molecule has 3 N–H and O–H groups in total. The molecule has 2 heterocycles. The molecule has 0 saturated heterocycles. The van der Waals surface area contributed by atoms with Crippen LogP contribution < -0.4 is 11.3 Å². The van der Waals surface area contributed by atoms with Crippen molar-refractivity contribution >= 4 is 27.3 Å². The highest BCUT2D eigenvalue weighted by atomic mass is 79.9. The molecule has 0 aliphatic heterocycles. The van der Waals surface area contributed by atoms with Gasteiger partial charge in [-0.05, 0) is 28.1 Å². The molecule has 78 valence electrons. The third-order valence-corrected chi connectivity index (χ3v) is 3.54. The van der Waals surface area contributed by atoms with Gasteiger partial charge in [-0.2, -0.15) is 5.10 Å². The fraction of sp³-hybridized carbons (Fsp3) is 0.111. The van der Waals surface area contributed by atoms with Crippen molar-refractivity contribution in [1.82, 2.24) is 10.2 Å². The summed E-state index contributed by atoms with van der Waals surface area (Å²) in [5, 5.41) is 6.42. The van der Waals surface area contributed by atoms with Gasteiger partial charge in [-0.1, -0.05) is 0 Å². The molecule has 2 aromatic heterocycles. The number of nitrogens with two attached hydrogens (primary N) is 1. The molecule has 0 fully saturated rings. The van der Waals surface area contributed by atoms with Gasteiger partial charge in [0.05, 0.1) is 8.66 Å². The lowest BCUT2D eigenvalue weighted by atomic mass is 10.2. The lowest BCUT2D eigenvalue weighted by Crippen LogP contribution is -2.12. The maximum Gasteiger partial charge on any atom is 0.264 e. The third kappa shape index (κ3) is 2.17. The van der Waals surface area contributed by atoms with Gasteiger partial charge in [0, 0.05) is 18.2 Å². The third-order valence-electron chi connectivity index (χ3n) is 1.91. The van der Waals surface area contributed by atoms with E-state index >= 15 is 0 Å². The predicted molar refractivity (Wildman–Crippen MR) is 63.8 cm³/mol. The molecule has 0 spiro atoms. The molecular formula is C9H8BrN3OS. The molecule has 15 heavy (non-hydrogen) atoms. The molecule has 2 rings (SSSR count). The van der Waals surface area contributed by atoms with Crippen molar-refractivity contribution in [2.75, 3.05) is 0 Å². The zero-order valence-electron chi connectivity index (χ0n) is 7.66. The maximum atomic E-state index is 11.1. The molecule has 6 heteroatoms. The number of halogens is 1. The van der Waals surface area contributed by atoms with Crippen molar-refractivity contribution in [2.24, 2.45) is 5.73 Å². The van der Waals surface area contributed by atoms with Crippen molar-refractivity contribution in [3.05, 3.63) is 37.9 Å². The number of nitrogens with zero attached hydrogens (tertiary/aromatic N) is 1. The van der Waals surface area contributed by atoms with Crippen LogP contribution in [0.3, 0.4) is 0 Å². The summed E-state index contributed by atoms with van der Waals surface area (Å²) < 4.78 is 1.02. The van der Waals surface area contributed by atoms with E-state index < -0.39 is 0 Å². The molecule has 0 bridgehead atoms. The van der Waals surface area contributed by atoms with E-state index in [9.17, 15) is 4.79 Å². The van der Waals surface area contributed by atoms with Crippen LogP contribution >= 0.6 is 27.3 Å². The Labute approximate surface area is 98.3 Å². The first kappa shape index (κ1) is 10.5. The van der Waals surface area contributed by atoms with Gasteiger partial charge in [0.15, 0.2) is 0 Å². The summed E-state index contributed by atoms with van der Waals surface area (Å²) in [6.07, 6.45) is 0. The summed E-state index contributed by atoms with van der Waals surface area (Å²) in [7, 11) is 0. The Balaban J connectivity index is 2.57. The number of aromatic amines is 1. The van der Waals surface area contributed by atoms with Crippen LogP contribution in [0.25, 0.3) is 10.6 Å². The largest absolute Gasteiger partial charge is 0.326 e. The SMILES string of the molecule is NCc1cc(=O)[nH]nc1-c1ccc(Br)s1. The highest BCUT2D eigenvalue weighted by Gasteiger charge is 2.08. The van der Waals surface area contributed by atoms with E-state index in [0.717, 1.165) is 19.9 Å². The number of H-pyrrole nitrogens is 1. The molecule has 0 radical (unpaired) electrons. The van der Waals surface area contributed by atoms with Gasteiger partial charge in [-0.3, -0.25) is 4.79 Å². The van der Waals surface area contributed by atoms with E-state index in [0.29, 0.717) is 6.54 Å². The summed E-state index contributed by atoms with van der Waals surface area (Å²) >= 11 is 4.93. The zero-order chi connectivity index (χ0) is 10.8. The summed E-state index contributed by atoms with van der Waals surface area (Å²) in [6.45, 7) is 0.307. The van der Waals surface area contributed by atoms with Crippen molar-refractivity contribution in [3.8, 4) is 10.6 Å². The number of thiophene rings is 1. The molecule has 2 aromatic rings. The molecule has 0 aromatic carbocycles. The van der Waals surface area contributed by atoms with Crippen LogP contribution in [0.15, 0.2) is 26.8 Å². The van der Waals surface area contributed by atoms with Gasteiger partial charge in [0.1, 0.15) is 5.69 Å². The maximum absolute atomic E-state index is 11.1. The Morgan fingerprint density at radius 3 is 2.93 bits per heavy atom. The van der Waals surface area contributed by atoms with E-state index in [-0.39, 0.29) is 5.56 Å². The summed E-state index contributed by atoms with van der Waals surface area (Å²) in [5.41, 5.74) is 6.84. The van der Waals surface area contributed by atoms with E-state index in [2.05, 4.69) is 26.1 Å². The molecule has 0 atom stereocenters. The van der Waals surface area contributed by atoms with Gasteiger partial charge in [-0.15, -0.1) is 11.3 Å². The average molecular weight is 286 g/mol. The number of nitrogens with one attached hydrogen (secondary N) is 1. The first-order chi connectivity index (χ1) is 7.20.